The Morgan fingerprint density at radius 2 is 1.86 bits per heavy atom. The molecule has 0 fully saturated rings. The van der Waals surface area contributed by atoms with E-state index in [4.69, 9.17) is 0 Å². The van der Waals surface area contributed by atoms with Crippen molar-refractivity contribution in [2.45, 2.75) is 19.1 Å². The maximum atomic E-state index is 13.1. The fourth-order valence-corrected chi connectivity index (χ4v) is 2.28. The van der Waals surface area contributed by atoms with Crippen molar-refractivity contribution in [1.82, 2.24) is 15.3 Å². The molecule has 0 radical (unpaired) electrons. The number of fused-ring (bicyclic) bond motifs is 1. The van der Waals surface area contributed by atoms with Crippen LogP contribution in [0.2, 0.25) is 0 Å². The summed E-state index contributed by atoms with van der Waals surface area (Å²) in [6, 6.07) is 8.89. The number of nitrogens with one attached hydrogen (secondary N) is 2. The molecule has 0 saturated heterocycles. The van der Waals surface area contributed by atoms with Crippen LogP contribution in [0.15, 0.2) is 30.3 Å². The zero-order valence-electron chi connectivity index (χ0n) is 11.0. The number of halogens is 3. The van der Waals surface area contributed by atoms with E-state index in [-0.39, 0.29) is 18.1 Å². The number of para-hydroxylation sites is 1. The zero-order chi connectivity index (χ0) is 14.9. The molecule has 0 aliphatic carbocycles. The maximum absolute atomic E-state index is 13.1. The average Bonchev–Trinajstić information content (AvgIpc) is 2.46. The molecule has 0 atom stereocenters. The number of nitrogens with zero attached hydrogens (tertiary/aromatic N) is 2. The third kappa shape index (κ3) is 2.97. The summed E-state index contributed by atoms with van der Waals surface area (Å²) in [7, 11) is 0. The van der Waals surface area contributed by atoms with Gasteiger partial charge in [-0.15, -0.1) is 0 Å². The van der Waals surface area contributed by atoms with Crippen molar-refractivity contribution in [1.29, 1.82) is 0 Å². The summed E-state index contributed by atoms with van der Waals surface area (Å²) in [5.74, 6) is -0.0193. The van der Waals surface area contributed by atoms with Crippen LogP contribution in [-0.4, -0.2) is 16.5 Å². The van der Waals surface area contributed by atoms with Gasteiger partial charge in [-0.1, -0.05) is 18.2 Å². The highest BCUT2D eigenvalue weighted by Crippen LogP contribution is 2.33. The molecule has 0 bridgehead atoms. The van der Waals surface area contributed by atoms with Gasteiger partial charge < -0.3 is 10.6 Å². The van der Waals surface area contributed by atoms with E-state index in [1.165, 1.54) is 0 Å². The fraction of sp³-hybridized carbons (Fsp3) is 0.286. The Hall–Kier alpha value is -2.15. The molecule has 1 aromatic heterocycles. The molecule has 21 heavy (non-hydrogen) atoms. The first-order chi connectivity index (χ1) is 10.0. The number of anilines is 2. The molecule has 4 nitrogen and oxygen atoms in total. The van der Waals surface area contributed by atoms with Crippen LogP contribution in [0.25, 0.3) is 0 Å². The quantitative estimate of drug-likeness (QED) is 0.894. The predicted octanol–water partition coefficient (Wildman–Crippen LogP) is 2.88. The van der Waals surface area contributed by atoms with E-state index in [1.807, 2.05) is 6.07 Å². The molecule has 2 heterocycles. The molecule has 0 spiro atoms. The number of rotatable bonds is 2. The molecule has 2 aromatic rings. The van der Waals surface area contributed by atoms with Crippen molar-refractivity contribution in [2.24, 2.45) is 0 Å². The Balaban J connectivity index is 2.02. The van der Waals surface area contributed by atoms with Gasteiger partial charge in [0.1, 0.15) is 0 Å². The van der Waals surface area contributed by atoms with Gasteiger partial charge in [0.25, 0.3) is 0 Å². The lowest BCUT2D eigenvalue weighted by atomic mass is 10.1. The summed E-state index contributed by atoms with van der Waals surface area (Å²) in [6.45, 7) is 0.766. The number of hydrogen-bond donors (Lipinski definition) is 2. The highest BCUT2D eigenvalue weighted by molar-refractivity contribution is 5.53. The molecule has 7 heteroatoms. The summed E-state index contributed by atoms with van der Waals surface area (Å²) in [4.78, 5) is 7.89. The smallest absolute Gasteiger partial charge is 0.324 e. The third-order valence-electron chi connectivity index (χ3n) is 3.23. The molecular formula is C14H13F3N4. The summed E-state index contributed by atoms with van der Waals surface area (Å²) in [5.41, 5.74) is 0.388. The highest BCUT2D eigenvalue weighted by atomic mass is 19.4. The standard InChI is InChI=1S/C14H13F3N4/c15-14(16,17)12-10-8-18-7-6-11(10)20-13(21-12)19-9-4-2-1-3-5-9/h1-5,18H,6-8H2,(H,19,20,21). The second-order valence-electron chi connectivity index (χ2n) is 4.74. The van der Waals surface area contributed by atoms with Gasteiger partial charge in [-0.2, -0.15) is 13.2 Å². The van der Waals surface area contributed by atoms with E-state index >= 15 is 0 Å². The van der Waals surface area contributed by atoms with Gasteiger partial charge in [-0.05, 0) is 12.1 Å². The topological polar surface area (TPSA) is 49.8 Å². The van der Waals surface area contributed by atoms with Crippen molar-refractivity contribution in [3.05, 3.63) is 47.3 Å². The summed E-state index contributed by atoms with van der Waals surface area (Å²) in [6.07, 6.45) is -4.02. The molecular weight excluding hydrogens is 281 g/mol. The van der Waals surface area contributed by atoms with Gasteiger partial charge in [-0.3, -0.25) is 0 Å². The van der Waals surface area contributed by atoms with Gasteiger partial charge in [0.2, 0.25) is 5.95 Å². The number of aromatic nitrogens is 2. The monoisotopic (exact) mass is 294 g/mol. The van der Waals surface area contributed by atoms with E-state index in [2.05, 4.69) is 20.6 Å². The van der Waals surface area contributed by atoms with Crippen LogP contribution in [-0.2, 0) is 19.1 Å². The average molecular weight is 294 g/mol. The molecule has 3 rings (SSSR count). The molecule has 1 aliphatic rings. The molecule has 1 aliphatic heterocycles. The Bertz CT molecular complexity index is 641. The SMILES string of the molecule is FC(F)(F)c1nc(Nc2ccccc2)nc2c1CNCC2. The maximum Gasteiger partial charge on any atom is 0.433 e. The second-order valence-corrected chi connectivity index (χ2v) is 4.74. The largest absolute Gasteiger partial charge is 0.433 e. The van der Waals surface area contributed by atoms with Crippen molar-refractivity contribution in [2.75, 3.05) is 11.9 Å². The summed E-state index contributed by atoms with van der Waals surface area (Å²) in [5, 5.41) is 5.75. The Labute approximate surface area is 119 Å². The van der Waals surface area contributed by atoms with Gasteiger partial charge in [0.05, 0.1) is 5.69 Å². The number of alkyl halides is 3. The van der Waals surface area contributed by atoms with E-state index < -0.39 is 11.9 Å². The van der Waals surface area contributed by atoms with E-state index in [1.54, 1.807) is 24.3 Å². The lowest BCUT2D eigenvalue weighted by Gasteiger charge is -2.21. The molecule has 0 unspecified atom stereocenters. The van der Waals surface area contributed by atoms with Crippen LogP contribution in [0.3, 0.4) is 0 Å². The van der Waals surface area contributed by atoms with E-state index in [0.29, 0.717) is 24.3 Å². The fourth-order valence-electron chi connectivity index (χ4n) is 2.28. The minimum Gasteiger partial charge on any atom is -0.324 e. The van der Waals surface area contributed by atoms with Gasteiger partial charge in [0.15, 0.2) is 5.69 Å². The molecule has 2 N–H and O–H groups in total. The second kappa shape index (κ2) is 5.33. The number of benzene rings is 1. The first-order valence-electron chi connectivity index (χ1n) is 6.54. The normalized spacial score (nSPS) is 14.6. The predicted molar refractivity (Wildman–Crippen MR) is 72.2 cm³/mol. The Morgan fingerprint density at radius 3 is 2.57 bits per heavy atom. The lowest BCUT2D eigenvalue weighted by molar-refractivity contribution is -0.142. The van der Waals surface area contributed by atoms with Crippen LogP contribution < -0.4 is 10.6 Å². The molecule has 0 saturated carbocycles. The van der Waals surface area contributed by atoms with Crippen LogP contribution in [0.4, 0.5) is 24.8 Å². The molecule has 1 aromatic carbocycles. The first kappa shape index (κ1) is 13.8. The molecule has 110 valence electrons. The third-order valence-corrected chi connectivity index (χ3v) is 3.23. The van der Waals surface area contributed by atoms with Crippen LogP contribution >= 0.6 is 0 Å². The minimum absolute atomic E-state index is 0.0193. The Kier molecular flexibility index (Phi) is 3.50. The molecule has 0 amide bonds. The van der Waals surface area contributed by atoms with Crippen molar-refractivity contribution in [3.63, 3.8) is 0 Å². The van der Waals surface area contributed by atoms with Crippen LogP contribution in [0.5, 0.6) is 0 Å². The lowest BCUT2D eigenvalue weighted by Crippen LogP contribution is -2.29. The summed E-state index contributed by atoms with van der Waals surface area (Å²) < 4.78 is 39.4. The van der Waals surface area contributed by atoms with Crippen molar-refractivity contribution < 1.29 is 13.2 Å². The van der Waals surface area contributed by atoms with Crippen LogP contribution in [0, 0.1) is 0 Å². The highest BCUT2D eigenvalue weighted by Gasteiger charge is 2.38. The minimum atomic E-state index is -4.49. The van der Waals surface area contributed by atoms with E-state index in [0.717, 1.165) is 0 Å². The van der Waals surface area contributed by atoms with Gasteiger partial charge >= 0.3 is 6.18 Å². The van der Waals surface area contributed by atoms with Crippen LogP contribution in [0.1, 0.15) is 17.0 Å². The summed E-state index contributed by atoms with van der Waals surface area (Å²) >= 11 is 0. The zero-order valence-corrected chi connectivity index (χ0v) is 11.0. The first-order valence-corrected chi connectivity index (χ1v) is 6.54. The Morgan fingerprint density at radius 1 is 1.10 bits per heavy atom. The van der Waals surface area contributed by atoms with Crippen molar-refractivity contribution in [3.8, 4) is 0 Å². The van der Waals surface area contributed by atoms with Gasteiger partial charge in [0, 0.05) is 30.8 Å². The van der Waals surface area contributed by atoms with Gasteiger partial charge in [-0.25, -0.2) is 9.97 Å². The number of hydrogen-bond acceptors (Lipinski definition) is 4. The van der Waals surface area contributed by atoms with Crippen molar-refractivity contribution >= 4 is 11.6 Å². The van der Waals surface area contributed by atoms with E-state index in [9.17, 15) is 13.2 Å².